The number of likely N-dealkylation sites (N-methyl/N-ethyl adjacent to an activating group) is 1. The number of ether oxygens (including phenoxy) is 1. The van der Waals surface area contributed by atoms with E-state index in [9.17, 15) is 22.8 Å². The van der Waals surface area contributed by atoms with E-state index in [4.69, 9.17) is 4.74 Å². The number of hydrogen-bond donors (Lipinski definition) is 0. The highest BCUT2D eigenvalue weighted by molar-refractivity contribution is 9.10. The summed E-state index contributed by atoms with van der Waals surface area (Å²) in [6.45, 7) is 1.48. The van der Waals surface area contributed by atoms with Crippen molar-refractivity contribution in [2.75, 3.05) is 18.6 Å². The average molecular weight is 392 g/mol. The molecule has 2 aliphatic rings. The lowest BCUT2D eigenvalue weighted by atomic mass is 9.93. The molecule has 1 fully saturated rings. The van der Waals surface area contributed by atoms with Crippen molar-refractivity contribution in [2.45, 2.75) is 18.5 Å². The SMILES string of the molecule is CCOC(=O)C1C(C(F)(F)F)[C@@]12C(=O)N(C)c1ccc(Br)cc12. The van der Waals surface area contributed by atoms with Crippen molar-refractivity contribution in [2.24, 2.45) is 11.8 Å². The second-order valence-corrected chi connectivity index (χ2v) is 6.56. The summed E-state index contributed by atoms with van der Waals surface area (Å²) < 4.78 is 45.8. The lowest BCUT2D eigenvalue weighted by molar-refractivity contribution is -0.164. The molecule has 3 rings (SSSR count). The fraction of sp³-hybridized carbons (Fsp3) is 0.467. The van der Waals surface area contributed by atoms with Gasteiger partial charge in [0.2, 0.25) is 5.91 Å². The van der Waals surface area contributed by atoms with Gasteiger partial charge in [-0.15, -0.1) is 0 Å². The Bertz CT molecular complexity index is 706. The maximum absolute atomic E-state index is 13.5. The number of benzene rings is 1. The molecule has 124 valence electrons. The van der Waals surface area contributed by atoms with Gasteiger partial charge in [-0.1, -0.05) is 15.9 Å². The van der Waals surface area contributed by atoms with E-state index in [1.165, 1.54) is 24.9 Å². The lowest BCUT2D eigenvalue weighted by Gasteiger charge is -2.12. The number of hydrogen-bond acceptors (Lipinski definition) is 3. The van der Waals surface area contributed by atoms with Crippen LogP contribution in [0.15, 0.2) is 22.7 Å². The van der Waals surface area contributed by atoms with Crippen LogP contribution in [-0.4, -0.2) is 31.7 Å². The average Bonchev–Trinajstić information content (AvgIpc) is 3.12. The molecule has 8 heteroatoms. The molecule has 1 aromatic carbocycles. The van der Waals surface area contributed by atoms with Gasteiger partial charge < -0.3 is 9.64 Å². The zero-order chi connectivity index (χ0) is 17.2. The van der Waals surface area contributed by atoms with E-state index in [1.807, 2.05) is 0 Å². The zero-order valence-corrected chi connectivity index (χ0v) is 13.9. The van der Waals surface area contributed by atoms with Crippen LogP contribution in [-0.2, 0) is 19.7 Å². The third kappa shape index (κ3) is 2.03. The van der Waals surface area contributed by atoms with E-state index in [0.717, 1.165) is 0 Å². The molecule has 1 saturated carbocycles. The molecule has 0 saturated heterocycles. The van der Waals surface area contributed by atoms with Crippen LogP contribution in [0.25, 0.3) is 0 Å². The van der Waals surface area contributed by atoms with E-state index < -0.39 is 35.3 Å². The highest BCUT2D eigenvalue weighted by Gasteiger charge is 2.85. The third-order valence-corrected chi connectivity index (χ3v) is 5.02. The summed E-state index contributed by atoms with van der Waals surface area (Å²) in [4.78, 5) is 25.9. The first-order valence-corrected chi connectivity index (χ1v) is 7.78. The van der Waals surface area contributed by atoms with Gasteiger partial charge >= 0.3 is 12.1 Å². The molecule has 1 heterocycles. The maximum Gasteiger partial charge on any atom is 0.394 e. The Kier molecular flexibility index (Phi) is 3.51. The van der Waals surface area contributed by atoms with Gasteiger partial charge in [-0.05, 0) is 30.7 Å². The third-order valence-electron chi connectivity index (χ3n) is 4.52. The van der Waals surface area contributed by atoms with Crippen LogP contribution < -0.4 is 4.90 Å². The van der Waals surface area contributed by atoms with Crippen LogP contribution in [0.1, 0.15) is 12.5 Å². The Morgan fingerprint density at radius 3 is 2.65 bits per heavy atom. The van der Waals surface area contributed by atoms with Crippen LogP contribution >= 0.6 is 15.9 Å². The summed E-state index contributed by atoms with van der Waals surface area (Å²) in [6.07, 6.45) is -4.67. The van der Waals surface area contributed by atoms with Gasteiger partial charge in [-0.25, -0.2) is 0 Å². The monoisotopic (exact) mass is 391 g/mol. The van der Waals surface area contributed by atoms with E-state index in [1.54, 1.807) is 12.1 Å². The Hall–Kier alpha value is -1.57. The van der Waals surface area contributed by atoms with E-state index in [-0.39, 0.29) is 12.2 Å². The van der Waals surface area contributed by atoms with E-state index in [2.05, 4.69) is 15.9 Å². The molecule has 3 atom stereocenters. The first kappa shape index (κ1) is 16.3. The molecule has 1 aliphatic carbocycles. The minimum absolute atomic E-state index is 0.0363. The topological polar surface area (TPSA) is 46.6 Å². The molecule has 1 aromatic rings. The Morgan fingerprint density at radius 2 is 2.09 bits per heavy atom. The lowest BCUT2D eigenvalue weighted by Crippen LogP contribution is -2.33. The van der Waals surface area contributed by atoms with Crippen molar-refractivity contribution in [3.63, 3.8) is 0 Å². The molecule has 0 radical (unpaired) electrons. The predicted molar refractivity (Wildman–Crippen MR) is 78.9 cm³/mol. The molecule has 23 heavy (non-hydrogen) atoms. The highest BCUT2D eigenvalue weighted by atomic mass is 79.9. The first-order chi connectivity index (χ1) is 10.7. The Balaban J connectivity index is 2.18. The summed E-state index contributed by atoms with van der Waals surface area (Å²) in [7, 11) is 1.41. The van der Waals surface area contributed by atoms with Gasteiger partial charge in [-0.2, -0.15) is 13.2 Å². The number of fused-ring (bicyclic) bond motifs is 2. The largest absolute Gasteiger partial charge is 0.466 e. The first-order valence-electron chi connectivity index (χ1n) is 6.98. The summed E-state index contributed by atoms with van der Waals surface area (Å²) in [5.41, 5.74) is -1.29. The Labute approximate surface area is 138 Å². The van der Waals surface area contributed by atoms with Crippen molar-refractivity contribution < 1.29 is 27.5 Å². The van der Waals surface area contributed by atoms with Crippen molar-refractivity contribution in [1.29, 1.82) is 0 Å². The molecule has 0 aromatic heterocycles. The van der Waals surface area contributed by atoms with Gasteiger partial charge in [0.1, 0.15) is 5.41 Å². The van der Waals surface area contributed by atoms with E-state index in [0.29, 0.717) is 10.2 Å². The fourth-order valence-electron chi connectivity index (χ4n) is 3.62. The number of carbonyl (C=O) groups excluding carboxylic acids is 2. The fourth-order valence-corrected chi connectivity index (χ4v) is 3.99. The van der Waals surface area contributed by atoms with Gasteiger partial charge in [0.15, 0.2) is 0 Å². The van der Waals surface area contributed by atoms with Crippen molar-refractivity contribution >= 4 is 33.5 Å². The zero-order valence-electron chi connectivity index (χ0n) is 12.3. The van der Waals surface area contributed by atoms with Gasteiger partial charge in [-0.3, -0.25) is 9.59 Å². The van der Waals surface area contributed by atoms with Crippen molar-refractivity contribution in [3.8, 4) is 0 Å². The predicted octanol–water partition coefficient (Wildman–Crippen LogP) is 3.03. The van der Waals surface area contributed by atoms with Gasteiger partial charge in [0.05, 0.1) is 18.4 Å². The number of halogens is 4. The number of rotatable bonds is 2. The summed E-state index contributed by atoms with van der Waals surface area (Å²) in [5.74, 6) is -5.29. The normalized spacial score (nSPS) is 29.0. The minimum Gasteiger partial charge on any atom is -0.466 e. The van der Waals surface area contributed by atoms with Gasteiger partial charge in [0.25, 0.3) is 0 Å². The number of nitrogens with zero attached hydrogens (tertiary/aromatic N) is 1. The summed E-state index contributed by atoms with van der Waals surface area (Å²) >= 11 is 3.22. The number of carbonyl (C=O) groups is 2. The minimum atomic E-state index is -4.67. The maximum atomic E-state index is 13.5. The van der Waals surface area contributed by atoms with E-state index >= 15 is 0 Å². The van der Waals surface area contributed by atoms with Crippen LogP contribution in [0, 0.1) is 11.8 Å². The van der Waals surface area contributed by atoms with Gasteiger partial charge in [0, 0.05) is 17.2 Å². The molecule has 1 amide bonds. The molecule has 4 nitrogen and oxygen atoms in total. The molecular weight excluding hydrogens is 379 g/mol. The summed E-state index contributed by atoms with van der Waals surface area (Å²) in [5, 5.41) is 0. The van der Waals surface area contributed by atoms with Crippen molar-refractivity contribution in [3.05, 3.63) is 28.2 Å². The standard InChI is InChI=1S/C15H13BrF3NO3/c1-3-23-12(21)10-11(15(17,18)19)14(10)8-6-7(16)4-5-9(8)20(2)13(14)22/h4-6,10-11H,3H2,1-2H3/t10?,11?,14-/m0/s1. The summed E-state index contributed by atoms with van der Waals surface area (Å²) in [6, 6.07) is 4.70. The van der Waals surface area contributed by atoms with Crippen LogP contribution in [0.5, 0.6) is 0 Å². The second-order valence-electron chi connectivity index (χ2n) is 5.64. The van der Waals surface area contributed by atoms with Crippen LogP contribution in [0.2, 0.25) is 0 Å². The quantitative estimate of drug-likeness (QED) is 0.728. The molecule has 2 unspecified atom stereocenters. The molecule has 0 bridgehead atoms. The molecule has 1 aliphatic heterocycles. The smallest absolute Gasteiger partial charge is 0.394 e. The second kappa shape index (κ2) is 4.96. The Morgan fingerprint density at radius 1 is 1.43 bits per heavy atom. The molecule has 0 N–H and O–H groups in total. The van der Waals surface area contributed by atoms with Crippen LogP contribution in [0.4, 0.5) is 18.9 Å². The number of amides is 1. The van der Waals surface area contributed by atoms with Crippen LogP contribution in [0.3, 0.4) is 0 Å². The highest BCUT2D eigenvalue weighted by Crippen LogP contribution is 2.71. The van der Waals surface area contributed by atoms with Crippen molar-refractivity contribution in [1.82, 2.24) is 0 Å². The number of esters is 1. The number of anilines is 1. The molecule has 1 spiro atoms. The number of alkyl halides is 3. The molecular formula is C15H13BrF3NO3.